The van der Waals surface area contributed by atoms with Gasteiger partial charge in [-0.3, -0.25) is 4.79 Å². The number of halogens is 9. The predicted octanol–water partition coefficient (Wildman–Crippen LogP) is 6.22. The molecule has 2 aromatic carbocycles. The molecule has 0 aliphatic carbocycles. The van der Waals surface area contributed by atoms with Gasteiger partial charge in [0.1, 0.15) is 5.60 Å². The van der Waals surface area contributed by atoms with E-state index in [0.717, 1.165) is 25.1 Å². The molecule has 2 aromatic rings. The van der Waals surface area contributed by atoms with Gasteiger partial charge in [-0.2, -0.15) is 39.5 Å². The lowest BCUT2D eigenvalue weighted by atomic mass is 10.1. The van der Waals surface area contributed by atoms with E-state index in [1.165, 1.54) is 6.07 Å². The van der Waals surface area contributed by atoms with Crippen LogP contribution in [0.4, 0.5) is 45.2 Å². The first-order valence-electron chi connectivity index (χ1n) is 8.53. The van der Waals surface area contributed by atoms with Gasteiger partial charge in [0.2, 0.25) is 0 Å². The highest BCUT2D eigenvalue weighted by Crippen LogP contribution is 2.38. The van der Waals surface area contributed by atoms with Gasteiger partial charge in [-0.15, -0.1) is 11.8 Å². The van der Waals surface area contributed by atoms with Crippen molar-refractivity contribution in [2.45, 2.75) is 35.9 Å². The van der Waals surface area contributed by atoms with Crippen LogP contribution in [-0.4, -0.2) is 22.4 Å². The highest BCUT2D eigenvalue weighted by molar-refractivity contribution is 7.99. The average Bonchev–Trinajstić information content (AvgIpc) is 2.64. The SMILES string of the molecule is CC(O)(CSc1cccc(C(F)(F)F)c1)C(=O)Nc1cc(C(F)(F)F)cc(C(F)(F)F)c1. The number of anilines is 1. The summed E-state index contributed by atoms with van der Waals surface area (Å²) in [6.07, 6.45) is -14.9. The van der Waals surface area contributed by atoms with Crippen LogP contribution in [0.25, 0.3) is 0 Å². The van der Waals surface area contributed by atoms with Crippen LogP contribution in [0.3, 0.4) is 0 Å². The molecule has 0 spiro atoms. The Labute approximate surface area is 179 Å². The third-order valence-electron chi connectivity index (χ3n) is 4.02. The first-order valence-corrected chi connectivity index (χ1v) is 9.51. The molecule has 1 unspecified atom stereocenters. The number of carbonyl (C=O) groups excluding carboxylic acids is 1. The monoisotopic (exact) mass is 491 g/mol. The van der Waals surface area contributed by atoms with Crippen molar-refractivity contribution < 1.29 is 49.4 Å². The minimum absolute atomic E-state index is 0.0336. The summed E-state index contributed by atoms with van der Waals surface area (Å²) in [5.41, 5.74) is -7.51. The van der Waals surface area contributed by atoms with Crippen molar-refractivity contribution in [3.63, 3.8) is 0 Å². The van der Waals surface area contributed by atoms with Crippen LogP contribution in [0.2, 0.25) is 0 Å². The molecule has 0 heterocycles. The molecular weight excluding hydrogens is 477 g/mol. The van der Waals surface area contributed by atoms with Crippen molar-refractivity contribution in [1.29, 1.82) is 0 Å². The number of amides is 1. The number of hydrogen-bond acceptors (Lipinski definition) is 3. The molecule has 1 amide bonds. The van der Waals surface area contributed by atoms with Gasteiger partial charge in [0.25, 0.3) is 5.91 Å². The summed E-state index contributed by atoms with van der Waals surface area (Å²) >= 11 is 0.641. The Morgan fingerprint density at radius 2 is 1.34 bits per heavy atom. The Hall–Kier alpha value is -2.41. The van der Waals surface area contributed by atoms with Crippen LogP contribution in [0.1, 0.15) is 23.6 Å². The van der Waals surface area contributed by atoms with Gasteiger partial charge in [0, 0.05) is 16.3 Å². The van der Waals surface area contributed by atoms with Gasteiger partial charge in [-0.1, -0.05) is 6.07 Å². The minimum Gasteiger partial charge on any atom is -0.379 e. The third kappa shape index (κ3) is 6.79. The topological polar surface area (TPSA) is 49.3 Å². The maximum Gasteiger partial charge on any atom is 0.416 e. The fraction of sp³-hybridized carbons (Fsp3) is 0.316. The number of aliphatic hydroxyl groups is 1. The van der Waals surface area contributed by atoms with E-state index in [2.05, 4.69) is 0 Å². The van der Waals surface area contributed by atoms with Crippen molar-refractivity contribution in [2.24, 2.45) is 0 Å². The van der Waals surface area contributed by atoms with E-state index < -0.39 is 58.2 Å². The Bertz CT molecular complexity index is 950. The number of alkyl halides is 9. The van der Waals surface area contributed by atoms with Crippen molar-refractivity contribution in [3.8, 4) is 0 Å². The normalized spacial score (nSPS) is 14.7. The average molecular weight is 491 g/mol. The molecule has 32 heavy (non-hydrogen) atoms. The Morgan fingerprint density at radius 1 is 0.844 bits per heavy atom. The highest BCUT2D eigenvalue weighted by atomic mass is 32.2. The molecule has 0 saturated heterocycles. The zero-order chi connectivity index (χ0) is 24.5. The molecule has 0 aliphatic rings. The van der Waals surface area contributed by atoms with Crippen molar-refractivity contribution >= 4 is 23.4 Å². The van der Waals surface area contributed by atoms with E-state index in [1.54, 1.807) is 5.32 Å². The summed E-state index contributed by atoms with van der Waals surface area (Å²) in [5, 5.41) is 12.1. The van der Waals surface area contributed by atoms with E-state index in [9.17, 15) is 49.4 Å². The van der Waals surface area contributed by atoms with Crippen LogP contribution >= 0.6 is 11.8 Å². The molecule has 0 saturated carbocycles. The Balaban J connectivity index is 2.21. The molecule has 3 nitrogen and oxygen atoms in total. The molecule has 0 radical (unpaired) electrons. The molecule has 2 rings (SSSR count). The van der Waals surface area contributed by atoms with E-state index in [-0.39, 0.29) is 23.1 Å². The number of thioether (sulfide) groups is 1. The second-order valence-electron chi connectivity index (χ2n) is 6.84. The fourth-order valence-corrected chi connectivity index (χ4v) is 3.31. The van der Waals surface area contributed by atoms with Crippen molar-refractivity contribution in [1.82, 2.24) is 0 Å². The summed E-state index contributed by atoms with van der Waals surface area (Å²) in [5.74, 6) is -1.88. The first kappa shape index (κ1) is 25.8. The summed E-state index contributed by atoms with van der Waals surface area (Å²) in [6, 6.07) is 4.35. The second kappa shape index (κ2) is 8.85. The minimum atomic E-state index is -5.14. The molecule has 0 fully saturated rings. The molecular formula is C19H14F9NO2S. The lowest BCUT2D eigenvalue weighted by molar-refractivity contribution is -0.143. The smallest absolute Gasteiger partial charge is 0.379 e. The number of benzene rings is 2. The quantitative estimate of drug-likeness (QED) is 0.386. The molecule has 2 N–H and O–H groups in total. The van der Waals surface area contributed by atoms with E-state index >= 15 is 0 Å². The zero-order valence-corrected chi connectivity index (χ0v) is 16.7. The van der Waals surface area contributed by atoms with Gasteiger partial charge in [-0.05, 0) is 43.3 Å². The number of rotatable bonds is 5. The predicted molar refractivity (Wildman–Crippen MR) is 97.9 cm³/mol. The summed E-state index contributed by atoms with van der Waals surface area (Å²) in [7, 11) is 0. The zero-order valence-electron chi connectivity index (χ0n) is 15.9. The second-order valence-corrected chi connectivity index (χ2v) is 7.89. The van der Waals surface area contributed by atoms with Crippen molar-refractivity contribution in [3.05, 3.63) is 59.2 Å². The van der Waals surface area contributed by atoms with Crippen LogP contribution in [0.5, 0.6) is 0 Å². The van der Waals surface area contributed by atoms with Gasteiger partial charge >= 0.3 is 18.5 Å². The largest absolute Gasteiger partial charge is 0.416 e. The first-order chi connectivity index (χ1) is 14.4. The van der Waals surface area contributed by atoms with Gasteiger partial charge < -0.3 is 10.4 Å². The number of hydrogen-bond donors (Lipinski definition) is 2. The van der Waals surface area contributed by atoms with Crippen molar-refractivity contribution in [2.75, 3.05) is 11.1 Å². The molecule has 0 aromatic heterocycles. The fourth-order valence-electron chi connectivity index (χ4n) is 2.34. The Morgan fingerprint density at radius 3 is 1.81 bits per heavy atom. The molecule has 0 bridgehead atoms. The van der Waals surface area contributed by atoms with Crippen LogP contribution in [0.15, 0.2) is 47.4 Å². The standard InChI is InChI=1S/C19H14F9NO2S/c1-16(31,9-32-14-4-2-3-10(8-14)17(20,21)22)15(30)29-13-6-11(18(23,24)25)5-12(7-13)19(26,27)28/h2-8,31H,9H2,1H3,(H,29,30). The summed E-state index contributed by atoms with van der Waals surface area (Å²) < 4.78 is 116. The molecule has 13 heteroatoms. The third-order valence-corrected chi connectivity index (χ3v) is 5.31. The Kier molecular flexibility index (Phi) is 7.15. The van der Waals surface area contributed by atoms with E-state index in [4.69, 9.17) is 0 Å². The molecule has 0 aliphatic heterocycles. The maximum atomic E-state index is 12.9. The van der Waals surface area contributed by atoms with E-state index in [1.807, 2.05) is 0 Å². The van der Waals surface area contributed by atoms with Gasteiger partial charge in [0.15, 0.2) is 0 Å². The van der Waals surface area contributed by atoms with Crippen LogP contribution < -0.4 is 5.32 Å². The highest BCUT2D eigenvalue weighted by Gasteiger charge is 2.38. The molecule has 176 valence electrons. The lowest BCUT2D eigenvalue weighted by Gasteiger charge is -2.23. The lowest BCUT2D eigenvalue weighted by Crippen LogP contribution is -2.42. The summed E-state index contributed by atoms with van der Waals surface area (Å²) in [6.45, 7) is 0.918. The van der Waals surface area contributed by atoms with Crippen LogP contribution in [-0.2, 0) is 23.3 Å². The number of carbonyl (C=O) groups is 1. The maximum absolute atomic E-state index is 12.9. The van der Waals surface area contributed by atoms with Gasteiger partial charge in [0.05, 0.1) is 16.7 Å². The summed E-state index contributed by atoms with van der Waals surface area (Å²) in [4.78, 5) is 12.3. The van der Waals surface area contributed by atoms with Crippen LogP contribution in [0, 0.1) is 0 Å². The number of nitrogens with one attached hydrogen (secondary N) is 1. The van der Waals surface area contributed by atoms with E-state index in [0.29, 0.717) is 11.8 Å². The van der Waals surface area contributed by atoms with Gasteiger partial charge in [-0.25, -0.2) is 0 Å². The molecule has 1 atom stereocenters.